The van der Waals surface area contributed by atoms with Crippen molar-refractivity contribution in [1.29, 1.82) is 0 Å². The second-order valence-corrected chi connectivity index (χ2v) is 6.78. The first-order valence-corrected chi connectivity index (χ1v) is 9.55. The molecule has 31 heavy (non-hydrogen) atoms. The lowest BCUT2D eigenvalue weighted by molar-refractivity contribution is 0.0844. The van der Waals surface area contributed by atoms with Crippen LogP contribution >= 0.6 is 0 Å². The summed E-state index contributed by atoms with van der Waals surface area (Å²) in [5.41, 5.74) is 7.89. The van der Waals surface area contributed by atoms with Gasteiger partial charge in [0.15, 0.2) is 0 Å². The molecule has 2 aromatic carbocycles. The average Bonchev–Trinajstić information content (AvgIpc) is 3.27. The molecule has 0 bridgehead atoms. The number of amides is 2. The van der Waals surface area contributed by atoms with Crippen LogP contribution in [0.3, 0.4) is 0 Å². The molecule has 0 fully saturated rings. The van der Waals surface area contributed by atoms with Gasteiger partial charge in [-0.2, -0.15) is 4.80 Å². The molecule has 4 rings (SSSR count). The second-order valence-electron chi connectivity index (χ2n) is 6.78. The molecule has 2 heterocycles. The van der Waals surface area contributed by atoms with Crippen molar-refractivity contribution in [3.63, 3.8) is 0 Å². The van der Waals surface area contributed by atoms with Crippen LogP contribution in [-0.2, 0) is 6.54 Å². The lowest BCUT2D eigenvalue weighted by atomic mass is 10.1. The summed E-state index contributed by atoms with van der Waals surface area (Å²) >= 11 is 0. The normalized spacial score (nSPS) is 10.5. The Balaban J connectivity index is 1.34. The van der Waals surface area contributed by atoms with Crippen LogP contribution in [0.1, 0.15) is 32.1 Å². The number of rotatable bonds is 5. The number of hydrogen-bond acceptors (Lipinski definition) is 6. The van der Waals surface area contributed by atoms with Crippen LogP contribution in [0.5, 0.6) is 0 Å². The Morgan fingerprint density at radius 1 is 0.871 bits per heavy atom. The van der Waals surface area contributed by atoms with E-state index < -0.39 is 11.8 Å². The standard InChI is InChI=1S/C22H19N7O2/c1-15-6-5-9-19(23-15)22(31)26-25-21(30)18-12-10-16(11-13-18)14-29-27-20(24-28-29)17-7-3-2-4-8-17/h2-13H,14H2,1H3,(H,25,30)(H,26,31). The number of hydrazine groups is 1. The molecule has 0 aliphatic heterocycles. The Hall–Kier alpha value is -4.40. The molecule has 4 aromatic rings. The molecule has 0 radical (unpaired) electrons. The summed E-state index contributed by atoms with van der Waals surface area (Å²) in [6, 6.07) is 21.6. The van der Waals surface area contributed by atoms with E-state index in [9.17, 15) is 9.59 Å². The van der Waals surface area contributed by atoms with Gasteiger partial charge in [-0.1, -0.05) is 48.5 Å². The Morgan fingerprint density at radius 2 is 1.61 bits per heavy atom. The van der Waals surface area contributed by atoms with Gasteiger partial charge in [-0.15, -0.1) is 10.2 Å². The zero-order valence-electron chi connectivity index (χ0n) is 16.7. The molecule has 0 spiro atoms. The van der Waals surface area contributed by atoms with Gasteiger partial charge in [0.2, 0.25) is 5.82 Å². The maximum absolute atomic E-state index is 12.3. The molecule has 9 nitrogen and oxygen atoms in total. The van der Waals surface area contributed by atoms with E-state index in [1.807, 2.05) is 30.3 Å². The van der Waals surface area contributed by atoms with Crippen molar-refractivity contribution in [3.8, 4) is 11.4 Å². The van der Waals surface area contributed by atoms with Crippen LogP contribution in [0, 0.1) is 6.92 Å². The first kappa shape index (κ1) is 19.9. The van der Waals surface area contributed by atoms with Gasteiger partial charge in [-0.3, -0.25) is 20.4 Å². The summed E-state index contributed by atoms with van der Waals surface area (Å²) in [5.74, 6) is -0.367. The number of tetrazole rings is 1. The first-order chi connectivity index (χ1) is 15.1. The number of carbonyl (C=O) groups excluding carboxylic acids is 2. The molecule has 9 heteroatoms. The Morgan fingerprint density at radius 3 is 2.35 bits per heavy atom. The summed E-state index contributed by atoms with van der Waals surface area (Å²) in [6.07, 6.45) is 0. The van der Waals surface area contributed by atoms with Crippen molar-refractivity contribution in [1.82, 2.24) is 36.0 Å². The number of carbonyl (C=O) groups is 2. The molecule has 2 aromatic heterocycles. The average molecular weight is 413 g/mol. The zero-order chi connectivity index (χ0) is 21.6. The van der Waals surface area contributed by atoms with E-state index in [1.165, 1.54) is 4.80 Å². The maximum Gasteiger partial charge on any atom is 0.288 e. The molecule has 0 atom stereocenters. The molecule has 0 unspecified atom stereocenters. The predicted molar refractivity (Wildman–Crippen MR) is 113 cm³/mol. The number of nitrogens with zero attached hydrogens (tertiary/aromatic N) is 5. The summed E-state index contributed by atoms with van der Waals surface area (Å²) in [5, 5.41) is 12.5. The van der Waals surface area contributed by atoms with Crippen molar-refractivity contribution >= 4 is 11.8 Å². The summed E-state index contributed by atoms with van der Waals surface area (Å²) in [7, 11) is 0. The molecule has 154 valence electrons. The number of nitrogens with one attached hydrogen (secondary N) is 2. The number of pyridine rings is 1. The first-order valence-electron chi connectivity index (χ1n) is 9.55. The van der Waals surface area contributed by atoms with Crippen LogP contribution in [0.25, 0.3) is 11.4 Å². The Labute approximate surface area is 178 Å². The van der Waals surface area contributed by atoms with Crippen LogP contribution in [0.2, 0.25) is 0 Å². The molecule has 0 saturated carbocycles. The molecule has 2 N–H and O–H groups in total. The molecule has 0 saturated heterocycles. The lowest BCUT2D eigenvalue weighted by Crippen LogP contribution is -2.42. The largest absolute Gasteiger partial charge is 0.288 e. The van der Waals surface area contributed by atoms with Crippen LogP contribution in [-0.4, -0.2) is 37.0 Å². The van der Waals surface area contributed by atoms with Gasteiger partial charge >= 0.3 is 0 Å². The molecule has 0 aliphatic rings. The van der Waals surface area contributed by atoms with Crippen molar-refractivity contribution in [2.75, 3.05) is 0 Å². The van der Waals surface area contributed by atoms with Gasteiger partial charge in [0.05, 0.1) is 6.54 Å². The smallest absolute Gasteiger partial charge is 0.267 e. The third kappa shape index (κ3) is 4.96. The highest BCUT2D eigenvalue weighted by Gasteiger charge is 2.11. The van der Waals surface area contributed by atoms with E-state index in [0.717, 1.165) is 11.1 Å². The zero-order valence-corrected chi connectivity index (χ0v) is 16.7. The highest BCUT2D eigenvalue weighted by Crippen LogP contribution is 2.12. The second kappa shape index (κ2) is 8.95. The van der Waals surface area contributed by atoms with E-state index in [4.69, 9.17) is 0 Å². The van der Waals surface area contributed by atoms with Crippen LogP contribution in [0.15, 0.2) is 72.8 Å². The van der Waals surface area contributed by atoms with Gasteiger partial charge in [0.25, 0.3) is 11.8 Å². The molecular weight excluding hydrogens is 394 g/mol. The third-order valence-electron chi connectivity index (χ3n) is 4.44. The minimum atomic E-state index is -0.486. The van der Waals surface area contributed by atoms with Gasteiger partial charge < -0.3 is 0 Å². The number of aryl methyl sites for hydroxylation is 1. The van der Waals surface area contributed by atoms with Gasteiger partial charge in [0.1, 0.15) is 5.69 Å². The molecular formula is C22H19N7O2. The van der Waals surface area contributed by atoms with E-state index in [2.05, 4.69) is 31.2 Å². The van der Waals surface area contributed by atoms with Crippen molar-refractivity contribution in [3.05, 3.63) is 95.3 Å². The fourth-order valence-corrected chi connectivity index (χ4v) is 2.86. The minimum absolute atomic E-state index is 0.228. The SMILES string of the molecule is Cc1cccc(C(=O)NNC(=O)c2ccc(Cn3nnc(-c4ccccc4)n3)cc2)n1. The van der Waals surface area contributed by atoms with E-state index in [0.29, 0.717) is 23.6 Å². The number of benzene rings is 2. The van der Waals surface area contributed by atoms with Crippen molar-refractivity contribution in [2.24, 2.45) is 0 Å². The van der Waals surface area contributed by atoms with Gasteiger partial charge in [-0.25, -0.2) is 4.98 Å². The van der Waals surface area contributed by atoms with Crippen LogP contribution in [0.4, 0.5) is 0 Å². The van der Waals surface area contributed by atoms with Crippen molar-refractivity contribution in [2.45, 2.75) is 13.5 Å². The predicted octanol–water partition coefficient (Wildman–Crippen LogP) is 2.17. The topological polar surface area (TPSA) is 115 Å². The quantitative estimate of drug-likeness (QED) is 0.485. The maximum atomic E-state index is 12.3. The number of hydrogen-bond donors (Lipinski definition) is 2. The fraction of sp³-hybridized carbons (Fsp3) is 0.0909. The van der Waals surface area contributed by atoms with E-state index >= 15 is 0 Å². The molecule has 2 amide bonds. The number of aromatic nitrogens is 5. The van der Waals surface area contributed by atoms with Gasteiger partial charge in [0, 0.05) is 16.8 Å². The molecule has 0 aliphatic carbocycles. The summed E-state index contributed by atoms with van der Waals surface area (Å²) in [4.78, 5) is 30.0. The minimum Gasteiger partial charge on any atom is -0.267 e. The van der Waals surface area contributed by atoms with E-state index in [1.54, 1.807) is 49.4 Å². The van der Waals surface area contributed by atoms with Crippen LogP contribution < -0.4 is 10.9 Å². The highest BCUT2D eigenvalue weighted by atomic mass is 16.2. The highest BCUT2D eigenvalue weighted by molar-refractivity contribution is 5.98. The van der Waals surface area contributed by atoms with E-state index in [-0.39, 0.29) is 5.69 Å². The Bertz CT molecular complexity index is 1200. The van der Waals surface area contributed by atoms with Gasteiger partial charge in [-0.05, 0) is 42.0 Å². The fourth-order valence-electron chi connectivity index (χ4n) is 2.86. The summed E-state index contributed by atoms with van der Waals surface area (Å²) in [6.45, 7) is 2.20. The Kier molecular flexibility index (Phi) is 5.75. The third-order valence-corrected chi connectivity index (χ3v) is 4.44. The lowest BCUT2D eigenvalue weighted by Gasteiger charge is -2.08. The van der Waals surface area contributed by atoms with Crippen molar-refractivity contribution < 1.29 is 9.59 Å². The monoisotopic (exact) mass is 413 g/mol. The summed E-state index contributed by atoms with van der Waals surface area (Å²) < 4.78 is 0.